The van der Waals surface area contributed by atoms with Gasteiger partial charge in [0.05, 0.1) is 6.61 Å². The smallest absolute Gasteiger partial charge is 0.291 e. The van der Waals surface area contributed by atoms with Crippen LogP contribution in [0.2, 0.25) is 0 Å². The first kappa shape index (κ1) is 17.7. The van der Waals surface area contributed by atoms with Crippen LogP contribution in [-0.2, 0) is 11.3 Å². The van der Waals surface area contributed by atoms with Crippen LogP contribution in [0.5, 0.6) is 0 Å². The number of furan rings is 1. The van der Waals surface area contributed by atoms with Crippen molar-refractivity contribution in [1.82, 2.24) is 4.90 Å². The summed E-state index contributed by atoms with van der Waals surface area (Å²) in [6.45, 7) is 0.274. The third kappa shape index (κ3) is 3.45. The zero-order valence-electron chi connectivity index (χ0n) is 14.9. The summed E-state index contributed by atoms with van der Waals surface area (Å²) in [6.07, 6.45) is 0. The lowest BCUT2D eigenvalue weighted by molar-refractivity contribution is 0.0827. The molecule has 0 aliphatic carbocycles. The minimum atomic E-state index is -0.361. The van der Waals surface area contributed by atoms with Gasteiger partial charge in [0.25, 0.3) is 11.8 Å². The van der Waals surface area contributed by atoms with Gasteiger partial charge in [0.15, 0.2) is 5.76 Å². The van der Waals surface area contributed by atoms with E-state index >= 15 is 0 Å². The summed E-state index contributed by atoms with van der Waals surface area (Å²) < 4.78 is 10.9. The van der Waals surface area contributed by atoms with E-state index < -0.39 is 0 Å². The van der Waals surface area contributed by atoms with E-state index in [0.717, 1.165) is 5.39 Å². The number of anilines is 1. The molecule has 2 aromatic carbocycles. The number of nitrogens with one attached hydrogen (secondary N) is 1. The number of para-hydroxylation sites is 1. The molecular weight excluding hydrogens is 332 g/mol. The van der Waals surface area contributed by atoms with E-state index in [1.54, 1.807) is 45.5 Å². The lowest BCUT2D eigenvalue weighted by Gasteiger charge is -2.11. The second-order valence-electron chi connectivity index (χ2n) is 6.07. The van der Waals surface area contributed by atoms with E-state index in [0.29, 0.717) is 22.4 Å². The summed E-state index contributed by atoms with van der Waals surface area (Å²) in [7, 11) is 4.96. The summed E-state index contributed by atoms with van der Waals surface area (Å²) >= 11 is 0. The Morgan fingerprint density at radius 1 is 1.08 bits per heavy atom. The van der Waals surface area contributed by atoms with Crippen molar-refractivity contribution in [3.8, 4) is 0 Å². The SMILES string of the molecule is COCc1c(C(=O)Nc2ccc(C(=O)N(C)C)cc2)oc2ccccc12. The number of carbonyl (C=O) groups is 2. The van der Waals surface area contributed by atoms with Crippen molar-refractivity contribution in [3.05, 3.63) is 65.4 Å². The normalized spacial score (nSPS) is 10.7. The second kappa shape index (κ2) is 7.41. The number of hydrogen-bond donors (Lipinski definition) is 1. The molecule has 0 unspecified atom stereocenters. The molecule has 1 N–H and O–H groups in total. The quantitative estimate of drug-likeness (QED) is 0.762. The van der Waals surface area contributed by atoms with E-state index in [9.17, 15) is 9.59 Å². The third-order valence-corrected chi connectivity index (χ3v) is 3.99. The number of rotatable bonds is 5. The van der Waals surface area contributed by atoms with E-state index in [1.165, 1.54) is 4.90 Å². The highest BCUT2D eigenvalue weighted by Gasteiger charge is 2.20. The molecule has 3 aromatic rings. The van der Waals surface area contributed by atoms with Crippen LogP contribution in [0.1, 0.15) is 26.5 Å². The summed E-state index contributed by atoms with van der Waals surface area (Å²) in [5.41, 5.74) is 2.47. The van der Waals surface area contributed by atoms with Crippen LogP contribution in [-0.4, -0.2) is 37.9 Å². The van der Waals surface area contributed by atoms with Gasteiger partial charge in [-0.2, -0.15) is 0 Å². The van der Waals surface area contributed by atoms with E-state index in [4.69, 9.17) is 9.15 Å². The zero-order valence-corrected chi connectivity index (χ0v) is 14.9. The largest absolute Gasteiger partial charge is 0.451 e. The highest BCUT2D eigenvalue weighted by atomic mass is 16.5. The molecule has 0 radical (unpaired) electrons. The molecule has 1 aromatic heterocycles. The monoisotopic (exact) mass is 352 g/mol. The van der Waals surface area contributed by atoms with Gasteiger partial charge in [0, 0.05) is 43.4 Å². The van der Waals surface area contributed by atoms with Crippen LogP contribution in [0.15, 0.2) is 52.9 Å². The predicted octanol–water partition coefficient (Wildman–Crippen LogP) is 3.53. The number of ether oxygens (including phenoxy) is 1. The van der Waals surface area contributed by atoms with Crippen LogP contribution in [0.3, 0.4) is 0 Å². The van der Waals surface area contributed by atoms with Crippen molar-refractivity contribution in [1.29, 1.82) is 0 Å². The molecule has 2 amide bonds. The predicted molar refractivity (Wildman–Crippen MR) is 99.3 cm³/mol. The maximum absolute atomic E-state index is 12.7. The minimum absolute atomic E-state index is 0.0949. The maximum Gasteiger partial charge on any atom is 0.291 e. The first-order valence-electron chi connectivity index (χ1n) is 8.13. The molecule has 6 nitrogen and oxygen atoms in total. The topological polar surface area (TPSA) is 71.8 Å². The van der Waals surface area contributed by atoms with Crippen LogP contribution in [0, 0.1) is 0 Å². The molecule has 0 saturated carbocycles. The highest BCUT2D eigenvalue weighted by molar-refractivity contribution is 6.06. The van der Waals surface area contributed by atoms with Crippen LogP contribution in [0.25, 0.3) is 11.0 Å². The Kier molecular flexibility index (Phi) is 5.04. The van der Waals surface area contributed by atoms with E-state index in [-0.39, 0.29) is 24.2 Å². The molecular formula is C20H20N2O4. The fourth-order valence-electron chi connectivity index (χ4n) is 2.71. The van der Waals surface area contributed by atoms with Crippen molar-refractivity contribution >= 4 is 28.5 Å². The van der Waals surface area contributed by atoms with E-state index in [2.05, 4.69) is 5.32 Å². The van der Waals surface area contributed by atoms with Crippen molar-refractivity contribution in [3.63, 3.8) is 0 Å². The molecule has 0 spiro atoms. The molecule has 0 aliphatic heterocycles. The lowest BCUT2D eigenvalue weighted by Crippen LogP contribution is -2.21. The first-order chi connectivity index (χ1) is 12.5. The fraction of sp³-hybridized carbons (Fsp3) is 0.200. The number of nitrogens with zero attached hydrogens (tertiary/aromatic N) is 1. The van der Waals surface area contributed by atoms with Crippen molar-refractivity contribution < 1.29 is 18.7 Å². The Morgan fingerprint density at radius 3 is 2.42 bits per heavy atom. The standard InChI is InChI=1S/C20H20N2O4/c1-22(2)20(24)13-8-10-14(11-9-13)21-19(23)18-16(12-25-3)15-6-4-5-7-17(15)26-18/h4-11H,12H2,1-3H3,(H,21,23). The Labute approximate surface area is 151 Å². The number of amides is 2. The van der Waals surface area contributed by atoms with Gasteiger partial charge in [-0.05, 0) is 30.3 Å². The van der Waals surface area contributed by atoms with Crippen LogP contribution < -0.4 is 5.32 Å². The van der Waals surface area contributed by atoms with Crippen molar-refractivity contribution in [2.24, 2.45) is 0 Å². The summed E-state index contributed by atoms with van der Waals surface area (Å²) in [6, 6.07) is 14.2. The van der Waals surface area contributed by atoms with Crippen molar-refractivity contribution in [2.75, 3.05) is 26.5 Å². The number of carbonyl (C=O) groups excluding carboxylic acids is 2. The van der Waals surface area contributed by atoms with Gasteiger partial charge in [-0.3, -0.25) is 9.59 Å². The molecule has 0 fully saturated rings. The molecule has 6 heteroatoms. The Bertz CT molecular complexity index is 942. The number of hydrogen-bond acceptors (Lipinski definition) is 4. The first-order valence-corrected chi connectivity index (χ1v) is 8.13. The van der Waals surface area contributed by atoms with Gasteiger partial charge in [-0.1, -0.05) is 18.2 Å². The molecule has 0 bridgehead atoms. The lowest BCUT2D eigenvalue weighted by atomic mass is 10.1. The maximum atomic E-state index is 12.7. The average molecular weight is 352 g/mol. The van der Waals surface area contributed by atoms with Gasteiger partial charge in [0.2, 0.25) is 0 Å². The molecule has 0 aliphatic rings. The Morgan fingerprint density at radius 2 is 1.77 bits per heavy atom. The number of fused-ring (bicyclic) bond motifs is 1. The summed E-state index contributed by atoms with van der Waals surface area (Å²) in [5.74, 6) is -0.232. The number of methoxy groups -OCH3 is 1. The molecule has 0 atom stereocenters. The highest BCUT2D eigenvalue weighted by Crippen LogP contribution is 2.27. The second-order valence-corrected chi connectivity index (χ2v) is 6.07. The summed E-state index contributed by atoms with van der Waals surface area (Å²) in [4.78, 5) is 26.1. The zero-order chi connectivity index (χ0) is 18.7. The average Bonchev–Trinajstić information content (AvgIpc) is 3.01. The van der Waals surface area contributed by atoms with Gasteiger partial charge < -0.3 is 19.4 Å². The Hall–Kier alpha value is -3.12. The van der Waals surface area contributed by atoms with Gasteiger partial charge in [0.1, 0.15) is 5.58 Å². The van der Waals surface area contributed by atoms with Gasteiger partial charge in [-0.25, -0.2) is 0 Å². The van der Waals surface area contributed by atoms with Crippen molar-refractivity contribution in [2.45, 2.75) is 6.61 Å². The van der Waals surface area contributed by atoms with Gasteiger partial charge in [-0.15, -0.1) is 0 Å². The molecule has 3 rings (SSSR count). The molecule has 134 valence electrons. The van der Waals surface area contributed by atoms with Crippen LogP contribution in [0.4, 0.5) is 5.69 Å². The molecule has 1 heterocycles. The van der Waals surface area contributed by atoms with Gasteiger partial charge >= 0.3 is 0 Å². The molecule has 0 saturated heterocycles. The minimum Gasteiger partial charge on any atom is -0.451 e. The summed E-state index contributed by atoms with van der Waals surface area (Å²) in [5, 5.41) is 3.65. The molecule has 26 heavy (non-hydrogen) atoms. The Balaban J connectivity index is 1.85. The fourth-order valence-corrected chi connectivity index (χ4v) is 2.71. The third-order valence-electron chi connectivity index (χ3n) is 3.99. The van der Waals surface area contributed by atoms with E-state index in [1.807, 2.05) is 24.3 Å². The number of benzene rings is 2. The van der Waals surface area contributed by atoms with Crippen LogP contribution >= 0.6 is 0 Å².